The average Bonchev–Trinajstić information content (AvgIpc) is 2.63. The largest absolute Gasteiger partial charge is 0.397 e. The summed E-state index contributed by atoms with van der Waals surface area (Å²) in [6.07, 6.45) is 1.62. The van der Waals surface area contributed by atoms with Gasteiger partial charge >= 0.3 is 0 Å². The average molecular weight is 334 g/mol. The van der Waals surface area contributed by atoms with E-state index in [4.69, 9.17) is 5.73 Å². The molecule has 0 aliphatic carbocycles. The Morgan fingerprint density at radius 3 is 2.44 bits per heavy atom. The van der Waals surface area contributed by atoms with Crippen molar-refractivity contribution < 1.29 is 4.79 Å². The lowest BCUT2D eigenvalue weighted by atomic mass is 10.1. The Morgan fingerprint density at radius 2 is 1.76 bits per heavy atom. The fraction of sp³-hybridized carbons (Fsp3) is 0.0526. The molecule has 0 aliphatic rings. The quantitative estimate of drug-likeness (QED) is 0.539. The Labute approximate surface area is 144 Å². The van der Waals surface area contributed by atoms with Gasteiger partial charge in [-0.2, -0.15) is 0 Å². The van der Waals surface area contributed by atoms with Crippen molar-refractivity contribution in [1.29, 1.82) is 0 Å². The molecule has 3 rings (SSSR count). The van der Waals surface area contributed by atoms with E-state index in [-0.39, 0.29) is 11.5 Å². The third-order valence-electron chi connectivity index (χ3n) is 3.71. The second-order valence-corrected chi connectivity index (χ2v) is 5.53. The smallest absolute Gasteiger partial charge is 0.255 e. The molecule has 126 valence electrons. The number of benzene rings is 2. The minimum Gasteiger partial charge on any atom is -0.397 e. The van der Waals surface area contributed by atoms with Gasteiger partial charge in [0.05, 0.1) is 17.1 Å². The Hall–Kier alpha value is -3.54. The molecule has 2 aromatic carbocycles. The summed E-state index contributed by atoms with van der Waals surface area (Å²) in [7, 11) is 0. The van der Waals surface area contributed by atoms with Gasteiger partial charge in [-0.05, 0) is 35.9 Å². The number of nitrogens with one attached hydrogen (secondary N) is 3. The van der Waals surface area contributed by atoms with E-state index >= 15 is 0 Å². The molecule has 5 N–H and O–H groups in total. The third kappa shape index (κ3) is 4.26. The molecule has 1 amide bonds. The number of hydrogen-bond acceptors (Lipinski definition) is 4. The van der Waals surface area contributed by atoms with E-state index in [1.807, 2.05) is 24.3 Å². The zero-order chi connectivity index (χ0) is 17.6. The number of carbonyl (C=O) groups is 1. The molecule has 0 unspecified atom stereocenters. The minimum absolute atomic E-state index is 0.139. The molecule has 3 aromatic rings. The van der Waals surface area contributed by atoms with Crippen LogP contribution >= 0.6 is 0 Å². The summed E-state index contributed by atoms with van der Waals surface area (Å²) in [5.74, 6) is -0.210. The Bertz CT molecular complexity index is 912. The molecule has 0 bridgehead atoms. The number of para-hydroxylation sites is 2. The first kappa shape index (κ1) is 16.3. The lowest BCUT2D eigenvalue weighted by Gasteiger charge is -2.09. The first-order valence-corrected chi connectivity index (χ1v) is 7.79. The molecule has 0 saturated carbocycles. The van der Waals surface area contributed by atoms with Crippen molar-refractivity contribution in [2.45, 2.75) is 6.54 Å². The molecule has 0 spiro atoms. The molecule has 1 aromatic heterocycles. The van der Waals surface area contributed by atoms with E-state index < -0.39 is 0 Å². The molecular formula is C19H18N4O2. The van der Waals surface area contributed by atoms with Crippen LogP contribution in [0.15, 0.2) is 71.7 Å². The van der Waals surface area contributed by atoms with Crippen LogP contribution in [0.4, 0.5) is 17.1 Å². The first-order chi connectivity index (χ1) is 12.1. The maximum absolute atomic E-state index is 12.3. The fourth-order valence-corrected chi connectivity index (χ4v) is 2.30. The number of hydrogen-bond donors (Lipinski definition) is 4. The van der Waals surface area contributed by atoms with Gasteiger partial charge in [-0.3, -0.25) is 9.59 Å². The van der Waals surface area contributed by atoms with Crippen molar-refractivity contribution in [3.63, 3.8) is 0 Å². The van der Waals surface area contributed by atoms with E-state index in [2.05, 4.69) is 15.6 Å². The number of H-pyrrole nitrogens is 1. The number of nitrogens with two attached hydrogens (primary N) is 1. The van der Waals surface area contributed by atoms with Gasteiger partial charge in [0.1, 0.15) is 0 Å². The lowest BCUT2D eigenvalue weighted by Crippen LogP contribution is -2.13. The molecule has 0 fully saturated rings. The summed E-state index contributed by atoms with van der Waals surface area (Å²) in [4.78, 5) is 25.9. The normalized spacial score (nSPS) is 10.2. The fourth-order valence-electron chi connectivity index (χ4n) is 2.30. The predicted molar refractivity (Wildman–Crippen MR) is 99.6 cm³/mol. The van der Waals surface area contributed by atoms with Gasteiger partial charge in [-0.15, -0.1) is 0 Å². The summed E-state index contributed by atoms with van der Waals surface area (Å²) < 4.78 is 0. The highest BCUT2D eigenvalue weighted by atomic mass is 16.1. The van der Waals surface area contributed by atoms with Crippen LogP contribution < -0.4 is 21.9 Å². The summed E-state index contributed by atoms with van der Waals surface area (Å²) >= 11 is 0. The molecule has 0 radical (unpaired) electrons. The van der Waals surface area contributed by atoms with Crippen LogP contribution in [0.1, 0.15) is 15.9 Å². The van der Waals surface area contributed by atoms with Crippen LogP contribution in [-0.2, 0) is 6.54 Å². The van der Waals surface area contributed by atoms with Crippen LogP contribution in [0.2, 0.25) is 0 Å². The summed E-state index contributed by atoms with van der Waals surface area (Å²) in [6, 6.07) is 17.6. The lowest BCUT2D eigenvalue weighted by molar-refractivity contribution is 0.102. The highest BCUT2D eigenvalue weighted by Crippen LogP contribution is 2.18. The number of amides is 1. The molecule has 0 atom stereocenters. The van der Waals surface area contributed by atoms with E-state index in [9.17, 15) is 9.59 Å². The maximum atomic E-state index is 12.3. The van der Waals surface area contributed by atoms with Gasteiger partial charge in [0.2, 0.25) is 5.56 Å². The molecular weight excluding hydrogens is 316 g/mol. The molecule has 25 heavy (non-hydrogen) atoms. The van der Waals surface area contributed by atoms with Crippen molar-refractivity contribution in [2.24, 2.45) is 0 Å². The highest BCUT2D eigenvalue weighted by molar-refractivity contribution is 6.05. The van der Waals surface area contributed by atoms with Crippen molar-refractivity contribution in [1.82, 2.24) is 4.98 Å². The number of aromatic amines is 1. The van der Waals surface area contributed by atoms with E-state index in [1.54, 1.807) is 36.5 Å². The number of pyridine rings is 1. The Morgan fingerprint density at radius 1 is 1.00 bits per heavy atom. The minimum atomic E-state index is -0.210. The zero-order valence-electron chi connectivity index (χ0n) is 13.5. The molecule has 1 heterocycles. The van der Waals surface area contributed by atoms with Crippen molar-refractivity contribution in [3.05, 3.63) is 88.3 Å². The van der Waals surface area contributed by atoms with Crippen LogP contribution in [-0.4, -0.2) is 10.9 Å². The standard InChI is InChI=1S/C19H18N4O2/c20-16-3-1-2-4-17(16)23-19(25)14-7-5-13(6-8-14)11-21-15-9-10-18(24)22-12-15/h1-10,12,21H,11,20H2,(H,22,24)(H,23,25). The van der Waals surface area contributed by atoms with Crippen molar-refractivity contribution in [3.8, 4) is 0 Å². The van der Waals surface area contributed by atoms with Crippen LogP contribution in [0.25, 0.3) is 0 Å². The zero-order valence-corrected chi connectivity index (χ0v) is 13.5. The van der Waals surface area contributed by atoms with Crippen molar-refractivity contribution in [2.75, 3.05) is 16.4 Å². The van der Waals surface area contributed by atoms with E-state index in [0.29, 0.717) is 23.5 Å². The Balaban J connectivity index is 1.61. The van der Waals surface area contributed by atoms with E-state index in [1.165, 1.54) is 6.07 Å². The van der Waals surface area contributed by atoms with Gasteiger partial charge in [0.15, 0.2) is 0 Å². The van der Waals surface area contributed by atoms with Gasteiger partial charge in [-0.25, -0.2) is 0 Å². The van der Waals surface area contributed by atoms with Gasteiger partial charge in [0.25, 0.3) is 5.91 Å². The Kier molecular flexibility index (Phi) is 4.80. The van der Waals surface area contributed by atoms with Crippen LogP contribution in [0, 0.1) is 0 Å². The monoisotopic (exact) mass is 334 g/mol. The number of aromatic nitrogens is 1. The van der Waals surface area contributed by atoms with Gasteiger partial charge in [-0.1, -0.05) is 24.3 Å². The maximum Gasteiger partial charge on any atom is 0.255 e. The SMILES string of the molecule is Nc1ccccc1NC(=O)c1ccc(CNc2ccc(=O)[nH]c2)cc1. The molecule has 6 nitrogen and oxygen atoms in total. The number of carbonyl (C=O) groups excluding carboxylic acids is 1. The van der Waals surface area contributed by atoms with Crippen molar-refractivity contribution >= 4 is 23.0 Å². The first-order valence-electron chi connectivity index (χ1n) is 7.79. The third-order valence-corrected chi connectivity index (χ3v) is 3.71. The van der Waals surface area contributed by atoms with E-state index in [0.717, 1.165) is 11.3 Å². The number of rotatable bonds is 5. The highest BCUT2D eigenvalue weighted by Gasteiger charge is 2.07. The number of nitrogen functional groups attached to an aromatic ring is 1. The molecule has 0 saturated heterocycles. The van der Waals surface area contributed by atoms with Crippen LogP contribution in [0.3, 0.4) is 0 Å². The van der Waals surface area contributed by atoms with Crippen LogP contribution in [0.5, 0.6) is 0 Å². The molecule has 6 heteroatoms. The van der Waals surface area contributed by atoms with Gasteiger partial charge < -0.3 is 21.4 Å². The topological polar surface area (TPSA) is 100 Å². The summed E-state index contributed by atoms with van der Waals surface area (Å²) in [6.45, 7) is 0.583. The number of anilines is 3. The second kappa shape index (κ2) is 7.35. The van der Waals surface area contributed by atoms with Gasteiger partial charge in [0, 0.05) is 24.4 Å². The summed E-state index contributed by atoms with van der Waals surface area (Å²) in [5, 5.41) is 5.99. The second-order valence-electron chi connectivity index (χ2n) is 5.53. The summed E-state index contributed by atoms with van der Waals surface area (Å²) in [5.41, 5.74) is 9.20. The predicted octanol–water partition coefficient (Wildman–Crippen LogP) is 2.82. The molecule has 0 aliphatic heterocycles.